The molecule has 3 N–H and O–H groups in total. The molecule has 1 aliphatic rings. The average molecular weight is 436 g/mol. The van der Waals surface area contributed by atoms with Gasteiger partial charge in [0.1, 0.15) is 12.2 Å². The fourth-order valence-electron chi connectivity index (χ4n) is 3.88. The molecule has 31 heavy (non-hydrogen) atoms. The van der Waals surface area contributed by atoms with E-state index in [0.29, 0.717) is 11.3 Å². The third-order valence-corrected chi connectivity index (χ3v) is 5.86. The van der Waals surface area contributed by atoms with Crippen LogP contribution in [0, 0.1) is 17.6 Å². The number of rotatable bonds is 6. The summed E-state index contributed by atoms with van der Waals surface area (Å²) in [6, 6.07) is 5.38. The summed E-state index contributed by atoms with van der Waals surface area (Å²) in [5.74, 6) is -3.75. The molecule has 7 nitrogen and oxygen atoms in total. The van der Waals surface area contributed by atoms with Gasteiger partial charge in [0.25, 0.3) is 5.91 Å². The summed E-state index contributed by atoms with van der Waals surface area (Å²) in [4.78, 5) is 17.1. The Kier molecular flexibility index (Phi) is 6.59. The maximum atomic E-state index is 14.4. The van der Waals surface area contributed by atoms with Crippen LogP contribution in [0.15, 0.2) is 30.5 Å². The van der Waals surface area contributed by atoms with Crippen molar-refractivity contribution in [3.63, 3.8) is 0 Å². The number of aromatic nitrogens is 1. The second-order valence-corrected chi connectivity index (χ2v) is 8.10. The molecule has 3 rings (SSSR count). The Labute approximate surface area is 179 Å². The Bertz CT molecular complexity index is 969. The minimum atomic E-state index is -1.18. The monoisotopic (exact) mass is 436 g/mol. The molecule has 1 fully saturated rings. The summed E-state index contributed by atoms with van der Waals surface area (Å²) in [7, 11) is 1.24. The number of amides is 1. The van der Waals surface area contributed by atoms with Gasteiger partial charge in [-0.3, -0.25) is 9.78 Å². The van der Waals surface area contributed by atoms with Gasteiger partial charge >= 0.3 is 0 Å². The van der Waals surface area contributed by atoms with E-state index in [1.165, 1.54) is 31.5 Å². The minimum absolute atomic E-state index is 0.195. The van der Waals surface area contributed by atoms with Gasteiger partial charge in [0.2, 0.25) is 5.82 Å². The number of hydrogen-bond acceptors (Lipinski definition) is 6. The number of benzene rings is 1. The standard InChI is InChI=1S/C22H26F2N2O5/c1-11-17(13-5-6-14(23)18(24)19(13)30-4)20(31-22(11,2)3)21(29)26-12-7-8-25-15(9-12)16(28)10-27/h5-9,11,16-17,20,27-28H,10H2,1-4H3,(H,25,26,29)/t11-,16-,17-,20+/m1/s1. The van der Waals surface area contributed by atoms with Crippen molar-refractivity contribution < 1.29 is 33.3 Å². The summed E-state index contributed by atoms with van der Waals surface area (Å²) in [5, 5.41) is 21.6. The van der Waals surface area contributed by atoms with E-state index >= 15 is 0 Å². The topological polar surface area (TPSA) is 101 Å². The largest absolute Gasteiger partial charge is 0.493 e. The number of methoxy groups -OCH3 is 1. The Morgan fingerprint density at radius 2 is 2.06 bits per heavy atom. The van der Waals surface area contributed by atoms with Crippen molar-refractivity contribution in [1.29, 1.82) is 0 Å². The third-order valence-electron chi connectivity index (χ3n) is 5.86. The van der Waals surface area contributed by atoms with E-state index < -0.39 is 47.9 Å². The number of halogens is 2. The van der Waals surface area contributed by atoms with Crippen LogP contribution in [0.3, 0.4) is 0 Å². The Balaban J connectivity index is 1.96. The second kappa shape index (κ2) is 8.86. The SMILES string of the molecule is COc1c([C@@H]2[C@@H](C(=O)Nc3ccnc([C@H](O)CO)c3)OC(C)(C)[C@@H]2C)ccc(F)c1F. The van der Waals surface area contributed by atoms with E-state index in [1.54, 1.807) is 0 Å². The lowest BCUT2D eigenvalue weighted by molar-refractivity contribution is -0.131. The summed E-state index contributed by atoms with van der Waals surface area (Å²) in [6.07, 6.45) is -0.803. The maximum Gasteiger partial charge on any atom is 0.254 e. The number of hydrogen-bond donors (Lipinski definition) is 3. The predicted molar refractivity (Wildman–Crippen MR) is 109 cm³/mol. The van der Waals surface area contributed by atoms with Crippen LogP contribution in [-0.2, 0) is 9.53 Å². The number of carbonyl (C=O) groups is 1. The van der Waals surface area contributed by atoms with E-state index in [2.05, 4.69) is 10.3 Å². The molecule has 1 aromatic heterocycles. The van der Waals surface area contributed by atoms with Gasteiger partial charge < -0.3 is 25.0 Å². The normalized spacial score (nSPS) is 23.4. The molecule has 9 heteroatoms. The van der Waals surface area contributed by atoms with E-state index in [1.807, 2.05) is 20.8 Å². The highest BCUT2D eigenvalue weighted by atomic mass is 19.2. The zero-order valence-corrected chi connectivity index (χ0v) is 17.7. The van der Waals surface area contributed by atoms with E-state index in [0.717, 1.165) is 6.07 Å². The van der Waals surface area contributed by atoms with Crippen LogP contribution in [0.2, 0.25) is 0 Å². The number of anilines is 1. The lowest BCUT2D eigenvalue weighted by Crippen LogP contribution is -2.33. The first kappa shape index (κ1) is 23.1. The highest BCUT2D eigenvalue weighted by molar-refractivity contribution is 5.95. The van der Waals surface area contributed by atoms with Crippen LogP contribution in [0.25, 0.3) is 0 Å². The lowest BCUT2D eigenvalue weighted by atomic mass is 9.78. The van der Waals surface area contributed by atoms with Crippen molar-refractivity contribution in [1.82, 2.24) is 4.98 Å². The number of aliphatic hydroxyl groups is 2. The van der Waals surface area contributed by atoms with Crippen molar-refractivity contribution in [3.8, 4) is 5.75 Å². The van der Waals surface area contributed by atoms with Crippen LogP contribution >= 0.6 is 0 Å². The van der Waals surface area contributed by atoms with E-state index in [4.69, 9.17) is 14.6 Å². The molecule has 0 saturated carbocycles. The molecular formula is C22H26F2N2O5. The zero-order valence-electron chi connectivity index (χ0n) is 17.7. The predicted octanol–water partition coefficient (Wildman–Crippen LogP) is 2.93. The van der Waals surface area contributed by atoms with Gasteiger partial charge in [-0.25, -0.2) is 4.39 Å². The molecule has 1 aromatic carbocycles. The number of nitrogens with one attached hydrogen (secondary N) is 1. The molecule has 2 aromatic rings. The molecule has 0 bridgehead atoms. The molecule has 0 radical (unpaired) electrons. The summed E-state index contributed by atoms with van der Waals surface area (Å²) in [5.41, 5.74) is 0.157. The molecule has 2 heterocycles. The van der Waals surface area contributed by atoms with Crippen LogP contribution in [0.4, 0.5) is 14.5 Å². The van der Waals surface area contributed by atoms with Gasteiger partial charge in [-0.2, -0.15) is 4.39 Å². The average Bonchev–Trinajstić information content (AvgIpc) is 2.99. The number of ether oxygens (including phenoxy) is 2. The van der Waals surface area contributed by atoms with Crippen molar-refractivity contribution in [2.45, 2.75) is 44.5 Å². The first-order chi connectivity index (χ1) is 14.6. The highest BCUT2D eigenvalue weighted by Crippen LogP contribution is 2.49. The first-order valence-corrected chi connectivity index (χ1v) is 9.86. The smallest absolute Gasteiger partial charge is 0.254 e. The van der Waals surface area contributed by atoms with Crippen LogP contribution in [-0.4, -0.2) is 46.5 Å². The van der Waals surface area contributed by atoms with Crippen LogP contribution < -0.4 is 10.1 Å². The molecule has 4 atom stereocenters. The van der Waals surface area contributed by atoms with Crippen LogP contribution in [0.5, 0.6) is 5.75 Å². The number of pyridine rings is 1. The molecular weight excluding hydrogens is 410 g/mol. The molecule has 1 saturated heterocycles. The first-order valence-electron chi connectivity index (χ1n) is 9.86. The Morgan fingerprint density at radius 3 is 2.71 bits per heavy atom. The number of aliphatic hydroxyl groups excluding tert-OH is 2. The van der Waals surface area contributed by atoms with Crippen molar-refractivity contribution >= 4 is 11.6 Å². The summed E-state index contributed by atoms with van der Waals surface area (Å²) >= 11 is 0. The van der Waals surface area contributed by atoms with Gasteiger partial charge in [-0.15, -0.1) is 0 Å². The van der Waals surface area contributed by atoms with Gasteiger partial charge in [0.05, 0.1) is 25.0 Å². The molecule has 1 amide bonds. The molecule has 168 valence electrons. The quantitative estimate of drug-likeness (QED) is 0.644. The maximum absolute atomic E-state index is 14.4. The summed E-state index contributed by atoms with van der Waals surface area (Å²) in [6.45, 7) is 5.01. The molecule has 0 spiro atoms. The zero-order chi connectivity index (χ0) is 22.9. The fourth-order valence-corrected chi connectivity index (χ4v) is 3.88. The fraction of sp³-hybridized carbons (Fsp3) is 0.455. The van der Waals surface area contributed by atoms with Crippen molar-refractivity contribution in [2.75, 3.05) is 19.0 Å². The number of nitrogens with zero attached hydrogens (tertiary/aromatic N) is 1. The van der Waals surface area contributed by atoms with Crippen molar-refractivity contribution in [3.05, 3.63) is 53.4 Å². The Morgan fingerprint density at radius 1 is 1.35 bits per heavy atom. The molecule has 1 aliphatic heterocycles. The van der Waals surface area contributed by atoms with Gasteiger partial charge in [-0.1, -0.05) is 13.0 Å². The second-order valence-electron chi connectivity index (χ2n) is 8.10. The van der Waals surface area contributed by atoms with Gasteiger partial charge in [-0.05, 0) is 38.0 Å². The number of carbonyl (C=O) groups excluding carboxylic acids is 1. The van der Waals surface area contributed by atoms with E-state index in [-0.39, 0.29) is 17.4 Å². The Hall–Kier alpha value is -2.62. The summed E-state index contributed by atoms with van der Waals surface area (Å²) < 4.78 is 39.3. The highest BCUT2D eigenvalue weighted by Gasteiger charge is 2.51. The lowest BCUT2D eigenvalue weighted by Gasteiger charge is -2.25. The van der Waals surface area contributed by atoms with Crippen molar-refractivity contribution in [2.24, 2.45) is 5.92 Å². The van der Waals surface area contributed by atoms with Gasteiger partial charge in [0, 0.05) is 23.4 Å². The molecule has 0 aliphatic carbocycles. The van der Waals surface area contributed by atoms with E-state index in [9.17, 15) is 18.7 Å². The van der Waals surface area contributed by atoms with Gasteiger partial charge in [0.15, 0.2) is 11.6 Å². The van der Waals surface area contributed by atoms with Crippen LogP contribution in [0.1, 0.15) is 44.1 Å². The minimum Gasteiger partial charge on any atom is -0.493 e. The third kappa shape index (κ3) is 4.39. The molecule has 0 unspecified atom stereocenters.